The molecule has 0 spiro atoms. The summed E-state index contributed by atoms with van der Waals surface area (Å²) in [6, 6.07) is 0. The topological polar surface area (TPSA) is 78.0 Å². The minimum Gasteiger partial charge on any atom is -0.357 e. The van der Waals surface area contributed by atoms with Crippen LogP contribution in [0.2, 0.25) is 0 Å². The van der Waals surface area contributed by atoms with Crippen molar-refractivity contribution >= 4 is 17.3 Å². The first-order valence-corrected chi connectivity index (χ1v) is 9.30. The van der Waals surface area contributed by atoms with Crippen molar-refractivity contribution in [1.82, 2.24) is 25.8 Å². The van der Waals surface area contributed by atoms with Crippen molar-refractivity contribution in [1.29, 1.82) is 0 Å². The van der Waals surface area contributed by atoms with Crippen LogP contribution in [-0.4, -0.2) is 40.8 Å². The van der Waals surface area contributed by atoms with Crippen LogP contribution in [0.4, 0.5) is 13.2 Å². The molecule has 0 bridgehead atoms. The molecule has 0 aliphatic rings. The van der Waals surface area contributed by atoms with E-state index in [1.54, 1.807) is 0 Å². The third kappa shape index (κ3) is 6.32. The number of aromatic amines is 1. The Morgan fingerprint density at radius 2 is 2.12 bits per heavy atom. The molecule has 26 heavy (non-hydrogen) atoms. The summed E-state index contributed by atoms with van der Waals surface area (Å²) in [5.41, 5.74) is 1.43. The Balaban J connectivity index is 1.76. The van der Waals surface area contributed by atoms with Crippen LogP contribution >= 0.6 is 11.3 Å². The maximum Gasteiger partial charge on any atom is 0.434 e. The average Bonchev–Trinajstić information content (AvgIpc) is 3.20. The molecule has 2 rings (SSSR count). The van der Waals surface area contributed by atoms with Gasteiger partial charge in [-0.3, -0.25) is 10.1 Å². The maximum atomic E-state index is 12.5. The van der Waals surface area contributed by atoms with Crippen molar-refractivity contribution in [3.63, 3.8) is 0 Å². The number of hydrogen-bond donors (Lipinski definition) is 3. The highest BCUT2D eigenvalue weighted by molar-refractivity contribution is 7.09. The molecule has 0 fully saturated rings. The Kier molecular flexibility index (Phi) is 7.43. The second kappa shape index (κ2) is 9.56. The molecule has 0 aliphatic heterocycles. The number of hydrogen-bond acceptors (Lipinski definition) is 4. The van der Waals surface area contributed by atoms with Crippen molar-refractivity contribution in [3.05, 3.63) is 33.5 Å². The van der Waals surface area contributed by atoms with Crippen molar-refractivity contribution < 1.29 is 13.2 Å². The Bertz CT molecular complexity index is 707. The van der Waals surface area contributed by atoms with Gasteiger partial charge in [-0.05, 0) is 32.3 Å². The van der Waals surface area contributed by atoms with Gasteiger partial charge in [-0.2, -0.15) is 18.3 Å². The van der Waals surface area contributed by atoms with Crippen LogP contribution in [0.15, 0.2) is 16.6 Å². The lowest BCUT2D eigenvalue weighted by Gasteiger charge is -2.10. The molecule has 0 aromatic carbocycles. The van der Waals surface area contributed by atoms with E-state index in [1.807, 2.05) is 20.0 Å². The molecule has 0 saturated carbocycles. The lowest BCUT2D eigenvalue weighted by molar-refractivity contribution is -0.140. The average molecular weight is 388 g/mol. The first kappa shape index (κ1) is 20.2. The van der Waals surface area contributed by atoms with E-state index in [-0.39, 0.29) is 0 Å². The van der Waals surface area contributed by atoms with E-state index in [0.29, 0.717) is 37.0 Å². The molecule has 0 amide bonds. The van der Waals surface area contributed by atoms with E-state index >= 15 is 0 Å². The number of aliphatic imine (C=N–C) groups is 1. The second-order valence-corrected chi connectivity index (χ2v) is 6.63. The van der Waals surface area contributed by atoms with Crippen LogP contribution in [0.1, 0.15) is 35.3 Å². The minimum atomic E-state index is -4.38. The summed E-state index contributed by atoms with van der Waals surface area (Å²) in [4.78, 5) is 8.11. The molecule has 144 valence electrons. The summed E-state index contributed by atoms with van der Waals surface area (Å²) in [5, 5.41) is 14.7. The van der Waals surface area contributed by atoms with Crippen LogP contribution in [-0.2, 0) is 19.0 Å². The Morgan fingerprint density at radius 3 is 2.73 bits per heavy atom. The van der Waals surface area contributed by atoms with Crippen LogP contribution in [0.5, 0.6) is 0 Å². The number of alkyl halides is 3. The standard InChI is InChI=1S/C16H23F3N6S/c1-3-20-15(21-7-4-5-12-9-23-25-11(12)2)22-8-6-14-24-13(10-26-14)16(17,18)19/h9-10H,3-8H2,1-2H3,(H,23,25)(H2,20,21,22). The molecule has 6 nitrogen and oxygen atoms in total. The molecule has 0 saturated heterocycles. The summed E-state index contributed by atoms with van der Waals surface area (Å²) >= 11 is 1.02. The van der Waals surface area contributed by atoms with Gasteiger partial charge in [0.2, 0.25) is 0 Å². The maximum absolute atomic E-state index is 12.5. The summed E-state index contributed by atoms with van der Waals surface area (Å²) in [6.07, 6.45) is -0.361. The normalized spacial score (nSPS) is 12.4. The molecule has 0 aliphatic carbocycles. The van der Waals surface area contributed by atoms with Gasteiger partial charge >= 0.3 is 6.18 Å². The molecule has 0 radical (unpaired) electrons. The zero-order chi connectivity index (χ0) is 19.0. The third-order valence-electron chi connectivity index (χ3n) is 3.63. The van der Waals surface area contributed by atoms with Gasteiger partial charge in [0.15, 0.2) is 11.7 Å². The van der Waals surface area contributed by atoms with Gasteiger partial charge in [0, 0.05) is 37.1 Å². The predicted molar refractivity (Wildman–Crippen MR) is 96.4 cm³/mol. The molecule has 3 N–H and O–H groups in total. The summed E-state index contributed by atoms with van der Waals surface area (Å²) in [7, 11) is 0. The number of guanidine groups is 1. The number of nitrogens with one attached hydrogen (secondary N) is 3. The molecule has 0 unspecified atom stereocenters. The first-order valence-electron chi connectivity index (χ1n) is 8.42. The SMILES string of the molecule is CCNC(=NCCCc1cn[nH]c1C)NCCc1nc(C(F)(F)F)cs1. The smallest absolute Gasteiger partial charge is 0.357 e. The van der Waals surface area contributed by atoms with Gasteiger partial charge in [-0.25, -0.2) is 4.98 Å². The van der Waals surface area contributed by atoms with E-state index in [9.17, 15) is 13.2 Å². The number of nitrogens with zero attached hydrogens (tertiary/aromatic N) is 3. The van der Waals surface area contributed by atoms with Crippen molar-refractivity contribution in [2.24, 2.45) is 4.99 Å². The monoisotopic (exact) mass is 388 g/mol. The van der Waals surface area contributed by atoms with Gasteiger partial charge in [0.1, 0.15) is 0 Å². The van der Waals surface area contributed by atoms with E-state index in [0.717, 1.165) is 35.3 Å². The lowest BCUT2D eigenvalue weighted by atomic mass is 10.1. The molecule has 10 heteroatoms. The van der Waals surface area contributed by atoms with E-state index < -0.39 is 11.9 Å². The molecule has 2 aromatic rings. The van der Waals surface area contributed by atoms with E-state index in [2.05, 4.69) is 30.8 Å². The highest BCUT2D eigenvalue weighted by Gasteiger charge is 2.33. The predicted octanol–water partition coefficient (Wildman–Crippen LogP) is 2.92. The quantitative estimate of drug-likeness (QED) is 0.369. The number of aromatic nitrogens is 3. The van der Waals surface area contributed by atoms with Gasteiger partial charge in [0.25, 0.3) is 0 Å². The van der Waals surface area contributed by atoms with Crippen LogP contribution in [0, 0.1) is 6.92 Å². The summed E-state index contributed by atoms with van der Waals surface area (Å²) < 4.78 is 37.6. The number of halogens is 3. The highest BCUT2D eigenvalue weighted by atomic mass is 32.1. The Labute approximate surface area is 154 Å². The fourth-order valence-corrected chi connectivity index (χ4v) is 3.08. The van der Waals surface area contributed by atoms with E-state index in [4.69, 9.17) is 0 Å². The fraction of sp³-hybridized carbons (Fsp3) is 0.562. The summed E-state index contributed by atoms with van der Waals surface area (Å²) in [6.45, 7) is 5.78. The van der Waals surface area contributed by atoms with E-state index in [1.165, 1.54) is 5.56 Å². The number of rotatable bonds is 8. The first-order chi connectivity index (χ1) is 12.4. The fourth-order valence-electron chi connectivity index (χ4n) is 2.27. The third-order valence-corrected chi connectivity index (χ3v) is 4.53. The Hall–Kier alpha value is -2.10. The van der Waals surface area contributed by atoms with Gasteiger partial charge in [-0.1, -0.05) is 0 Å². The van der Waals surface area contributed by atoms with Gasteiger partial charge in [-0.15, -0.1) is 11.3 Å². The molecule has 0 atom stereocenters. The van der Waals surface area contributed by atoms with Gasteiger partial charge < -0.3 is 10.6 Å². The largest absolute Gasteiger partial charge is 0.434 e. The number of aryl methyl sites for hydroxylation is 2. The van der Waals surface area contributed by atoms with Gasteiger partial charge in [0.05, 0.1) is 11.2 Å². The molecular formula is C16H23F3N6S. The summed E-state index contributed by atoms with van der Waals surface area (Å²) in [5.74, 6) is 0.656. The van der Waals surface area contributed by atoms with Crippen molar-refractivity contribution in [3.8, 4) is 0 Å². The van der Waals surface area contributed by atoms with Crippen LogP contribution in [0.25, 0.3) is 0 Å². The molecule has 2 heterocycles. The minimum absolute atomic E-state index is 0.416. The lowest BCUT2D eigenvalue weighted by Crippen LogP contribution is -2.38. The molecule has 2 aromatic heterocycles. The van der Waals surface area contributed by atoms with Crippen molar-refractivity contribution in [2.45, 2.75) is 39.3 Å². The number of thiazole rings is 1. The zero-order valence-corrected chi connectivity index (χ0v) is 15.6. The Morgan fingerprint density at radius 1 is 1.31 bits per heavy atom. The molecular weight excluding hydrogens is 365 g/mol. The number of H-pyrrole nitrogens is 1. The highest BCUT2D eigenvalue weighted by Crippen LogP contribution is 2.29. The zero-order valence-electron chi connectivity index (χ0n) is 14.8. The van der Waals surface area contributed by atoms with Crippen molar-refractivity contribution in [2.75, 3.05) is 19.6 Å². The van der Waals surface area contributed by atoms with Crippen LogP contribution < -0.4 is 10.6 Å². The second-order valence-electron chi connectivity index (χ2n) is 5.69. The van der Waals surface area contributed by atoms with Crippen LogP contribution in [0.3, 0.4) is 0 Å².